The van der Waals surface area contributed by atoms with Gasteiger partial charge in [-0.1, -0.05) is 20.3 Å². The molecule has 0 fully saturated rings. The molecule has 0 spiro atoms. The molecule has 0 aromatic heterocycles. The Morgan fingerprint density at radius 3 is 2.67 bits per heavy atom. The molecule has 2 atom stereocenters. The average Bonchev–Trinajstić information content (AvgIpc) is 2.26. The van der Waals surface area contributed by atoms with E-state index in [4.69, 9.17) is 10.5 Å². The summed E-state index contributed by atoms with van der Waals surface area (Å²) in [5.74, 6) is 0.178. The molecule has 0 saturated carbocycles. The van der Waals surface area contributed by atoms with Crippen molar-refractivity contribution in [2.45, 2.75) is 39.7 Å². The smallest absolute Gasteiger partial charge is 0.237 e. The minimum absolute atomic E-state index is 0.0548. The first-order valence-corrected chi connectivity index (χ1v) is 5.74. The third-order valence-electron chi connectivity index (χ3n) is 2.53. The van der Waals surface area contributed by atoms with Crippen molar-refractivity contribution in [2.75, 3.05) is 19.8 Å². The Morgan fingerprint density at radius 2 is 2.13 bits per heavy atom. The summed E-state index contributed by atoms with van der Waals surface area (Å²) in [6.45, 7) is 8.04. The van der Waals surface area contributed by atoms with Gasteiger partial charge in [-0.25, -0.2) is 0 Å². The van der Waals surface area contributed by atoms with Crippen LogP contribution in [0.5, 0.6) is 0 Å². The van der Waals surface area contributed by atoms with Crippen molar-refractivity contribution in [1.29, 1.82) is 0 Å². The summed E-state index contributed by atoms with van der Waals surface area (Å²) in [7, 11) is 0. The molecule has 0 bridgehead atoms. The number of amides is 1. The van der Waals surface area contributed by atoms with E-state index in [1.807, 2.05) is 20.8 Å². The zero-order valence-corrected chi connectivity index (χ0v) is 10.1. The molecule has 0 rings (SSSR count). The predicted octanol–water partition coefficient (Wildman–Crippen LogP) is 0.903. The second-order valence-corrected chi connectivity index (χ2v) is 3.75. The Balaban J connectivity index is 3.56. The van der Waals surface area contributed by atoms with Gasteiger partial charge in [-0.05, 0) is 19.3 Å². The third kappa shape index (κ3) is 6.47. The first kappa shape index (κ1) is 14.4. The Bertz CT molecular complexity index is 174. The quantitative estimate of drug-likeness (QED) is 0.593. The number of ether oxygens (including phenoxy) is 1. The van der Waals surface area contributed by atoms with Crippen molar-refractivity contribution < 1.29 is 9.53 Å². The van der Waals surface area contributed by atoms with E-state index in [0.717, 1.165) is 19.4 Å². The van der Waals surface area contributed by atoms with Crippen LogP contribution in [0.2, 0.25) is 0 Å². The molecule has 1 amide bonds. The van der Waals surface area contributed by atoms with Gasteiger partial charge in [0.1, 0.15) is 0 Å². The van der Waals surface area contributed by atoms with E-state index in [0.29, 0.717) is 13.2 Å². The molecule has 4 heteroatoms. The third-order valence-corrected chi connectivity index (χ3v) is 2.53. The number of nitrogens with one attached hydrogen (secondary N) is 1. The highest BCUT2D eigenvalue weighted by molar-refractivity contribution is 5.81. The van der Waals surface area contributed by atoms with Crippen molar-refractivity contribution in [3.63, 3.8) is 0 Å². The van der Waals surface area contributed by atoms with Crippen molar-refractivity contribution in [1.82, 2.24) is 5.32 Å². The molecule has 0 aliphatic rings. The lowest BCUT2D eigenvalue weighted by Gasteiger charge is -2.17. The zero-order valence-electron chi connectivity index (χ0n) is 10.1. The van der Waals surface area contributed by atoms with Crippen molar-refractivity contribution in [2.24, 2.45) is 11.7 Å². The topological polar surface area (TPSA) is 64.3 Å². The molecule has 0 saturated heterocycles. The van der Waals surface area contributed by atoms with Gasteiger partial charge < -0.3 is 15.8 Å². The second-order valence-electron chi connectivity index (χ2n) is 3.75. The molecule has 0 aliphatic heterocycles. The van der Waals surface area contributed by atoms with Gasteiger partial charge in [-0.15, -0.1) is 0 Å². The fourth-order valence-electron chi connectivity index (χ4n) is 1.16. The summed E-state index contributed by atoms with van der Waals surface area (Å²) >= 11 is 0. The monoisotopic (exact) mass is 216 g/mol. The van der Waals surface area contributed by atoms with Crippen LogP contribution in [0, 0.1) is 5.92 Å². The van der Waals surface area contributed by atoms with Crippen LogP contribution in [-0.2, 0) is 9.53 Å². The largest absolute Gasteiger partial charge is 0.382 e. The molecule has 0 aliphatic carbocycles. The maximum atomic E-state index is 11.5. The average molecular weight is 216 g/mol. The second kappa shape index (κ2) is 8.68. The van der Waals surface area contributed by atoms with Crippen LogP contribution in [0.1, 0.15) is 33.6 Å². The highest BCUT2D eigenvalue weighted by atomic mass is 16.5. The predicted molar refractivity (Wildman–Crippen MR) is 61.6 cm³/mol. The summed E-state index contributed by atoms with van der Waals surface area (Å²) in [5, 5.41) is 2.81. The summed E-state index contributed by atoms with van der Waals surface area (Å²) in [6.07, 6.45) is 1.76. The van der Waals surface area contributed by atoms with E-state index in [1.54, 1.807) is 0 Å². The normalized spacial score (nSPS) is 14.7. The standard InChI is InChI=1S/C11H24N2O2/c1-4-9(3)10(12)11(14)13-7-6-8-15-5-2/h9-10H,4-8,12H2,1-3H3,(H,13,14)/t9-,10+/m1/s1. The van der Waals surface area contributed by atoms with Crippen molar-refractivity contribution >= 4 is 5.91 Å². The maximum Gasteiger partial charge on any atom is 0.237 e. The Morgan fingerprint density at radius 1 is 1.47 bits per heavy atom. The Hall–Kier alpha value is -0.610. The van der Waals surface area contributed by atoms with E-state index in [1.165, 1.54) is 0 Å². The summed E-state index contributed by atoms with van der Waals surface area (Å²) in [6, 6.07) is -0.387. The van der Waals surface area contributed by atoms with E-state index in [9.17, 15) is 4.79 Å². The summed E-state index contributed by atoms with van der Waals surface area (Å²) < 4.78 is 5.16. The lowest BCUT2D eigenvalue weighted by molar-refractivity contribution is -0.123. The van der Waals surface area contributed by atoms with E-state index in [-0.39, 0.29) is 17.9 Å². The highest BCUT2D eigenvalue weighted by Gasteiger charge is 2.18. The molecular weight excluding hydrogens is 192 g/mol. The first-order valence-electron chi connectivity index (χ1n) is 5.74. The minimum atomic E-state index is -0.387. The van der Waals surface area contributed by atoms with Gasteiger partial charge in [0.05, 0.1) is 6.04 Å². The molecule has 0 aromatic carbocycles. The van der Waals surface area contributed by atoms with Gasteiger partial charge in [0.2, 0.25) is 5.91 Å². The Kier molecular flexibility index (Phi) is 8.33. The molecule has 3 N–H and O–H groups in total. The number of rotatable bonds is 8. The van der Waals surface area contributed by atoms with Crippen LogP contribution in [0.15, 0.2) is 0 Å². The van der Waals surface area contributed by atoms with E-state index < -0.39 is 0 Å². The van der Waals surface area contributed by atoms with Crippen LogP contribution < -0.4 is 11.1 Å². The van der Waals surface area contributed by atoms with Gasteiger partial charge in [0, 0.05) is 19.8 Å². The molecule has 90 valence electrons. The van der Waals surface area contributed by atoms with Gasteiger partial charge >= 0.3 is 0 Å². The highest BCUT2D eigenvalue weighted by Crippen LogP contribution is 2.04. The molecule has 4 nitrogen and oxygen atoms in total. The number of hydrogen-bond donors (Lipinski definition) is 2. The summed E-state index contributed by atoms with van der Waals surface area (Å²) in [5.41, 5.74) is 5.77. The maximum absolute atomic E-state index is 11.5. The lowest BCUT2D eigenvalue weighted by atomic mass is 9.99. The van der Waals surface area contributed by atoms with Crippen LogP contribution in [0.3, 0.4) is 0 Å². The summed E-state index contributed by atoms with van der Waals surface area (Å²) in [4.78, 5) is 11.5. The van der Waals surface area contributed by atoms with E-state index >= 15 is 0 Å². The van der Waals surface area contributed by atoms with Crippen LogP contribution in [-0.4, -0.2) is 31.7 Å². The van der Waals surface area contributed by atoms with Crippen molar-refractivity contribution in [3.8, 4) is 0 Å². The van der Waals surface area contributed by atoms with Crippen LogP contribution in [0.25, 0.3) is 0 Å². The number of carbonyl (C=O) groups is 1. The van der Waals surface area contributed by atoms with Crippen molar-refractivity contribution in [3.05, 3.63) is 0 Å². The van der Waals surface area contributed by atoms with Crippen LogP contribution >= 0.6 is 0 Å². The molecule has 0 heterocycles. The SMILES string of the molecule is CCOCCCNC(=O)[C@@H](N)[C@H](C)CC. The fourth-order valence-corrected chi connectivity index (χ4v) is 1.16. The molecular formula is C11H24N2O2. The number of carbonyl (C=O) groups excluding carboxylic acids is 1. The van der Waals surface area contributed by atoms with Gasteiger partial charge in [-0.3, -0.25) is 4.79 Å². The Labute approximate surface area is 92.6 Å². The van der Waals surface area contributed by atoms with Gasteiger partial charge in [-0.2, -0.15) is 0 Å². The number of hydrogen-bond acceptors (Lipinski definition) is 3. The van der Waals surface area contributed by atoms with Crippen LogP contribution in [0.4, 0.5) is 0 Å². The molecule has 0 unspecified atom stereocenters. The minimum Gasteiger partial charge on any atom is -0.382 e. The van der Waals surface area contributed by atoms with Gasteiger partial charge in [0.25, 0.3) is 0 Å². The fraction of sp³-hybridized carbons (Fsp3) is 0.909. The van der Waals surface area contributed by atoms with Gasteiger partial charge in [0.15, 0.2) is 0 Å². The number of nitrogens with two attached hydrogens (primary N) is 1. The van der Waals surface area contributed by atoms with E-state index in [2.05, 4.69) is 5.32 Å². The lowest BCUT2D eigenvalue weighted by Crippen LogP contribution is -2.44. The molecule has 15 heavy (non-hydrogen) atoms. The molecule has 0 radical (unpaired) electrons. The first-order chi connectivity index (χ1) is 7.13. The molecule has 0 aromatic rings. The zero-order chi connectivity index (χ0) is 11.7.